The lowest BCUT2D eigenvalue weighted by atomic mass is 10.1. The van der Waals surface area contributed by atoms with Crippen LogP contribution in [0.5, 0.6) is 11.5 Å². The molecule has 36 heavy (non-hydrogen) atoms. The van der Waals surface area contributed by atoms with Crippen molar-refractivity contribution in [1.82, 2.24) is 9.80 Å². The van der Waals surface area contributed by atoms with E-state index >= 15 is 0 Å². The number of likely N-dealkylation sites (tertiary alicyclic amines) is 1. The average Bonchev–Trinajstić information content (AvgIpc) is 3.12. The highest BCUT2D eigenvalue weighted by molar-refractivity contribution is 14.1. The summed E-state index contributed by atoms with van der Waals surface area (Å²) in [7, 11) is 0. The van der Waals surface area contributed by atoms with Gasteiger partial charge < -0.3 is 14.4 Å². The van der Waals surface area contributed by atoms with E-state index in [1.165, 1.54) is 12.1 Å². The van der Waals surface area contributed by atoms with Crippen LogP contribution in [0.1, 0.15) is 37.3 Å². The number of hydrogen-bond donors (Lipinski definition) is 0. The predicted octanol–water partition coefficient (Wildman–Crippen LogP) is 5.46. The molecular weight excluding hydrogens is 598 g/mol. The van der Waals surface area contributed by atoms with E-state index in [1.54, 1.807) is 29.2 Å². The predicted molar refractivity (Wildman–Crippen MR) is 144 cm³/mol. The molecule has 0 radical (unpaired) electrons. The van der Waals surface area contributed by atoms with E-state index in [1.807, 2.05) is 13.0 Å². The quantitative estimate of drug-likeness (QED) is 0.287. The van der Waals surface area contributed by atoms with Crippen LogP contribution in [0.4, 0.5) is 9.18 Å². The molecule has 190 valence electrons. The molecular formula is C26H26FIN2O5S. The van der Waals surface area contributed by atoms with E-state index in [0.717, 1.165) is 45.1 Å². The number of halogens is 2. The summed E-state index contributed by atoms with van der Waals surface area (Å²) >= 11 is 2.95. The van der Waals surface area contributed by atoms with Crippen molar-refractivity contribution in [2.24, 2.45) is 0 Å². The molecule has 2 aromatic carbocycles. The fourth-order valence-electron chi connectivity index (χ4n) is 3.98. The van der Waals surface area contributed by atoms with E-state index in [2.05, 4.69) is 22.6 Å². The highest BCUT2D eigenvalue weighted by Gasteiger charge is 2.37. The zero-order valence-corrected chi connectivity index (χ0v) is 22.8. The van der Waals surface area contributed by atoms with Crippen molar-refractivity contribution in [2.45, 2.75) is 32.8 Å². The fourth-order valence-corrected chi connectivity index (χ4v) is 5.60. The number of piperidine rings is 1. The van der Waals surface area contributed by atoms with E-state index in [0.29, 0.717) is 36.8 Å². The molecule has 2 saturated heterocycles. The topological polar surface area (TPSA) is 76.2 Å². The lowest BCUT2D eigenvalue weighted by Gasteiger charge is -2.27. The summed E-state index contributed by atoms with van der Waals surface area (Å²) in [6.07, 6.45) is 4.60. The number of nitrogens with zero attached hydrogens (tertiary/aromatic N) is 2. The Labute approximate surface area is 227 Å². The molecule has 0 N–H and O–H groups in total. The van der Waals surface area contributed by atoms with Crippen molar-refractivity contribution in [1.29, 1.82) is 0 Å². The highest BCUT2D eigenvalue weighted by atomic mass is 127. The van der Waals surface area contributed by atoms with Crippen molar-refractivity contribution in [3.8, 4) is 11.5 Å². The molecule has 0 spiro atoms. The van der Waals surface area contributed by atoms with Gasteiger partial charge in [0.25, 0.3) is 11.1 Å². The monoisotopic (exact) mass is 624 g/mol. The smallest absolute Gasteiger partial charge is 0.294 e. The molecule has 2 aromatic rings. The van der Waals surface area contributed by atoms with E-state index in [9.17, 15) is 18.8 Å². The lowest BCUT2D eigenvalue weighted by molar-refractivity contribution is -0.136. The molecule has 4 rings (SSSR count). The Balaban J connectivity index is 1.50. The maximum Gasteiger partial charge on any atom is 0.294 e. The molecule has 0 bridgehead atoms. The van der Waals surface area contributed by atoms with Gasteiger partial charge in [-0.3, -0.25) is 19.3 Å². The van der Waals surface area contributed by atoms with Crippen LogP contribution in [0.15, 0.2) is 41.3 Å². The van der Waals surface area contributed by atoms with Gasteiger partial charge in [-0.05, 0) is 102 Å². The summed E-state index contributed by atoms with van der Waals surface area (Å²) < 4.78 is 25.7. The third kappa shape index (κ3) is 6.39. The van der Waals surface area contributed by atoms with Crippen molar-refractivity contribution in [2.75, 3.05) is 26.2 Å². The van der Waals surface area contributed by atoms with Gasteiger partial charge >= 0.3 is 0 Å². The Bertz CT molecular complexity index is 1180. The Morgan fingerprint density at radius 3 is 2.53 bits per heavy atom. The maximum absolute atomic E-state index is 13.2. The van der Waals surface area contributed by atoms with Crippen LogP contribution in [0.3, 0.4) is 0 Å². The molecule has 10 heteroatoms. The summed E-state index contributed by atoms with van der Waals surface area (Å²) in [5.41, 5.74) is 1.48. The molecule has 0 aliphatic carbocycles. The maximum atomic E-state index is 13.2. The van der Waals surface area contributed by atoms with Gasteiger partial charge in [0.1, 0.15) is 19.0 Å². The van der Waals surface area contributed by atoms with Crippen LogP contribution in [0, 0.1) is 9.39 Å². The molecule has 0 unspecified atom stereocenters. The van der Waals surface area contributed by atoms with Crippen LogP contribution in [0.25, 0.3) is 6.08 Å². The molecule has 0 aromatic heterocycles. The number of hydrogen-bond acceptors (Lipinski definition) is 6. The van der Waals surface area contributed by atoms with Gasteiger partial charge in [-0.2, -0.15) is 0 Å². The summed E-state index contributed by atoms with van der Waals surface area (Å²) in [6, 6.07) is 9.65. The number of benzene rings is 2. The number of carbonyl (C=O) groups excluding carboxylic acids is 3. The highest BCUT2D eigenvalue weighted by Crippen LogP contribution is 2.38. The largest absolute Gasteiger partial charge is 0.490 e. The van der Waals surface area contributed by atoms with Crippen LogP contribution >= 0.6 is 34.4 Å². The molecule has 2 aliphatic heterocycles. The van der Waals surface area contributed by atoms with Crippen molar-refractivity contribution in [3.63, 3.8) is 0 Å². The second kappa shape index (κ2) is 12.1. The van der Waals surface area contributed by atoms with Gasteiger partial charge in [-0.25, -0.2) is 4.39 Å². The lowest BCUT2D eigenvalue weighted by Crippen LogP contribution is -2.44. The Morgan fingerprint density at radius 2 is 1.83 bits per heavy atom. The minimum Gasteiger partial charge on any atom is -0.490 e. The first-order chi connectivity index (χ1) is 17.4. The molecule has 7 nitrogen and oxygen atoms in total. The third-order valence-electron chi connectivity index (χ3n) is 5.80. The molecule has 2 fully saturated rings. The fraction of sp³-hybridized carbons (Fsp3) is 0.346. The normalized spacial score (nSPS) is 17.1. The summed E-state index contributed by atoms with van der Waals surface area (Å²) in [5, 5.41) is -0.449. The van der Waals surface area contributed by atoms with Crippen LogP contribution < -0.4 is 9.47 Å². The first kappa shape index (κ1) is 26.5. The summed E-state index contributed by atoms with van der Waals surface area (Å²) in [4.78, 5) is 41.0. The van der Waals surface area contributed by atoms with Gasteiger partial charge in [0, 0.05) is 13.1 Å². The molecule has 2 heterocycles. The molecule has 0 atom stereocenters. The van der Waals surface area contributed by atoms with Crippen LogP contribution in [-0.2, 0) is 16.2 Å². The minimum absolute atomic E-state index is 0.200. The average molecular weight is 624 g/mol. The van der Waals surface area contributed by atoms with E-state index in [4.69, 9.17) is 9.47 Å². The standard InChI is InChI=1S/C26H26FIN2O5S/c1-2-34-21-13-18(12-20(28)24(21)35-16-17-6-8-19(27)9-7-17)14-22-25(32)30(26(33)36-22)15-23(31)29-10-4-3-5-11-29/h6-9,12-14H,2-5,10-11,15-16H2,1H3/b22-14-. The van der Waals surface area contributed by atoms with Crippen LogP contribution in [0.2, 0.25) is 0 Å². The van der Waals surface area contributed by atoms with Gasteiger partial charge in [0.05, 0.1) is 15.1 Å². The molecule has 3 amide bonds. The zero-order valence-electron chi connectivity index (χ0n) is 19.8. The first-order valence-electron chi connectivity index (χ1n) is 11.7. The Hall–Kier alpha value is -2.60. The number of amides is 3. The second-order valence-electron chi connectivity index (χ2n) is 8.39. The van der Waals surface area contributed by atoms with E-state index in [-0.39, 0.29) is 29.8 Å². The van der Waals surface area contributed by atoms with Crippen molar-refractivity contribution >= 4 is 57.5 Å². The van der Waals surface area contributed by atoms with Crippen molar-refractivity contribution in [3.05, 3.63) is 61.8 Å². The zero-order chi connectivity index (χ0) is 25.7. The number of imide groups is 1. The van der Waals surface area contributed by atoms with Gasteiger partial charge in [-0.15, -0.1) is 0 Å². The van der Waals surface area contributed by atoms with Gasteiger partial charge in [0.2, 0.25) is 5.91 Å². The first-order valence-corrected chi connectivity index (χ1v) is 13.6. The Morgan fingerprint density at radius 1 is 1.11 bits per heavy atom. The van der Waals surface area contributed by atoms with Crippen LogP contribution in [-0.4, -0.2) is 53.1 Å². The SMILES string of the molecule is CCOc1cc(/C=C2\SC(=O)N(CC(=O)N3CCCCC3)C2=O)cc(I)c1OCc1ccc(F)cc1. The molecule has 0 saturated carbocycles. The minimum atomic E-state index is -0.472. The summed E-state index contributed by atoms with van der Waals surface area (Å²) in [5.74, 6) is 0.0541. The molecule has 2 aliphatic rings. The summed E-state index contributed by atoms with van der Waals surface area (Å²) in [6.45, 7) is 3.59. The number of carbonyl (C=O) groups is 3. The number of rotatable bonds is 8. The van der Waals surface area contributed by atoms with Gasteiger partial charge in [-0.1, -0.05) is 12.1 Å². The number of thioether (sulfide) groups is 1. The second-order valence-corrected chi connectivity index (χ2v) is 10.5. The van der Waals surface area contributed by atoms with Crippen molar-refractivity contribution < 1.29 is 28.2 Å². The number of ether oxygens (including phenoxy) is 2. The third-order valence-corrected chi connectivity index (χ3v) is 7.51. The van der Waals surface area contributed by atoms with Gasteiger partial charge in [0.15, 0.2) is 11.5 Å². The van der Waals surface area contributed by atoms with E-state index < -0.39 is 11.1 Å². The Kier molecular flexibility index (Phi) is 8.89.